The Hall–Kier alpha value is -2.73. The largest absolute Gasteiger partial charge is 0.494 e. The van der Waals surface area contributed by atoms with E-state index in [2.05, 4.69) is 10.5 Å². The van der Waals surface area contributed by atoms with Gasteiger partial charge in [-0.05, 0) is 86.1 Å². The highest BCUT2D eigenvalue weighted by Gasteiger charge is 2.32. The zero-order valence-corrected chi connectivity index (χ0v) is 17.7. The van der Waals surface area contributed by atoms with Crippen LogP contribution in [0.5, 0.6) is 5.75 Å². The summed E-state index contributed by atoms with van der Waals surface area (Å²) in [5.74, 6) is 1.27. The molecule has 1 aliphatic heterocycles. The molecule has 2 aliphatic rings. The summed E-state index contributed by atoms with van der Waals surface area (Å²) < 4.78 is 11.6. The van der Waals surface area contributed by atoms with Gasteiger partial charge in [0.1, 0.15) is 23.0 Å². The number of hydrogen-bond donors (Lipinski definition) is 1. The number of hydrogen-bond acceptors (Lipinski definition) is 6. The molecule has 2 fully saturated rings. The molecule has 1 N–H and O–H groups in total. The molecule has 3 aromatic rings. The van der Waals surface area contributed by atoms with Gasteiger partial charge in [-0.2, -0.15) is 0 Å². The van der Waals surface area contributed by atoms with Crippen molar-refractivity contribution in [3.63, 3.8) is 0 Å². The number of carbonyl (C=O) groups excluding carboxylic acids is 2. The van der Waals surface area contributed by atoms with Gasteiger partial charge in [-0.25, -0.2) is 0 Å². The lowest BCUT2D eigenvalue weighted by Gasteiger charge is -2.22. The Morgan fingerprint density at radius 2 is 1.97 bits per heavy atom. The third-order valence-electron chi connectivity index (χ3n) is 6.74. The fraction of sp³-hybridized carbons (Fsp3) is 0.480. The van der Waals surface area contributed by atoms with Gasteiger partial charge in [0.15, 0.2) is 5.58 Å². The SMILES string of the molecule is O=C1CC[C@@H](c2noc3ccc4cc(OCCCC5CCNCC5)ccc4c23)C(=O)C1. The van der Waals surface area contributed by atoms with Gasteiger partial charge < -0.3 is 14.6 Å². The van der Waals surface area contributed by atoms with Crippen molar-refractivity contribution in [2.45, 2.75) is 50.9 Å². The number of nitrogens with zero attached hydrogens (tertiary/aromatic N) is 1. The summed E-state index contributed by atoms with van der Waals surface area (Å²) >= 11 is 0. The number of ether oxygens (including phenoxy) is 1. The van der Waals surface area contributed by atoms with Crippen LogP contribution in [0.1, 0.15) is 56.6 Å². The summed E-state index contributed by atoms with van der Waals surface area (Å²) in [6.07, 6.45) is 5.76. The lowest BCUT2D eigenvalue weighted by molar-refractivity contribution is -0.130. The van der Waals surface area contributed by atoms with Gasteiger partial charge in [-0.3, -0.25) is 9.59 Å². The molecule has 1 aromatic heterocycles. The van der Waals surface area contributed by atoms with Gasteiger partial charge in [-0.1, -0.05) is 11.2 Å². The van der Waals surface area contributed by atoms with Gasteiger partial charge in [0.25, 0.3) is 0 Å². The average Bonchev–Trinajstić information content (AvgIpc) is 3.21. The molecule has 0 amide bonds. The third-order valence-corrected chi connectivity index (χ3v) is 6.74. The van der Waals surface area contributed by atoms with Crippen LogP contribution in [0, 0.1) is 5.92 Å². The van der Waals surface area contributed by atoms with Crippen LogP contribution in [0.3, 0.4) is 0 Å². The Bertz CT molecular complexity index is 1110. The topological polar surface area (TPSA) is 81.4 Å². The number of ketones is 2. The molecule has 31 heavy (non-hydrogen) atoms. The van der Waals surface area contributed by atoms with Crippen molar-refractivity contribution in [1.29, 1.82) is 0 Å². The summed E-state index contributed by atoms with van der Waals surface area (Å²) in [5.41, 5.74) is 1.33. The maximum atomic E-state index is 12.5. The van der Waals surface area contributed by atoms with Crippen molar-refractivity contribution in [3.8, 4) is 5.75 Å². The molecular formula is C25H28N2O4. The van der Waals surface area contributed by atoms with Crippen LogP contribution in [0.25, 0.3) is 21.7 Å². The third kappa shape index (κ3) is 4.22. The fourth-order valence-electron chi connectivity index (χ4n) is 4.99. The van der Waals surface area contributed by atoms with Gasteiger partial charge in [-0.15, -0.1) is 0 Å². The van der Waals surface area contributed by atoms with Crippen LogP contribution in [0.4, 0.5) is 0 Å². The van der Waals surface area contributed by atoms with Crippen LogP contribution in [0.2, 0.25) is 0 Å². The molecule has 0 spiro atoms. The van der Waals surface area contributed by atoms with Gasteiger partial charge in [0.05, 0.1) is 24.3 Å². The summed E-state index contributed by atoms with van der Waals surface area (Å²) in [6, 6.07) is 9.95. The smallest absolute Gasteiger partial charge is 0.167 e. The first-order chi connectivity index (χ1) is 15.2. The number of Topliss-reactive ketones (excluding diaryl/α,β-unsaturated/α-hetero) is 2. The highest BCUT2D eigenvalue weighted by Crippen LogP contribution is 2.37. The molecule has 1 aliphatic carbocycles. The van der Waals surface area contributed by atoms with Crippen molar-refractivity contribution in [2.75, 3.05) is 19.7 Å². The van der Waals surface area contributed by atoms with E-state index in [1.165, 1.54) is 19.3 Å². The van der Waals surface area contributed by atoms with E-state index in [1.54, 1.807) is 0 Å². The monoisotopic (exact) mass is 420 g/mol. The summed E-state index contributed by atoms with van der Waals surface area (Å²) in [6.45, 7) is 3.00. The second-order valence-electron chi connectivity index (χ2n) is 8.85. The molecule has 162 valence electrons. The number of aromatic nitrogens is 1. The molecule has 6 nitrogen and oxygen atoms in total. The Labute approximate surface area is 181 Å². The van der Waals surface area contributed by atoms with E-state index in [0.717, 1.165) is 53.9 Å². The minimum absolute atomic E-state index is 0.000850. The van der Waals surface area contributed by atoms with Crippen molar-refractivity contribution in [1.82, 2.24) is 10.5 Å². The first-order valence-electron chi connectivity index (χ1n) is 11.4. The quantitative estimate of drug-likeness (QED) is 0.466. The van der Waals surface area contributed by atoms with E-state index in [-0.39, 0.29) is 23.9 Å². The first kappa shape index (κ1) is 20.2. The van der Waals surface area contributed by atoms with Crippen molar-refractivity contribution in [2.24, 2.45) is 5.92 Å². The van der Waals surface area contributed by atoms with E-state index < -0.39 is 0 Å². The molecule has 6 heteroatoms. The highest BCUT2D eigenvalue weighted by molar-refractivity contribution is 6.11. The van der Waals surface area contributed by atoms with Crippen molar-refractivity contribution < 1.29 is 18.8 Å². The second-order valence-corrected chi connectivity index (χ2v) is 8.85. The maximum Gasteiger partial charge on any atom is 0.167 e. The number of piperidine rings is 1. The molecule has 0 unspecified atom stereocenters. The number of fused-ring (bicyclic) bond motifs is 3. The lowest BCUT2D eigenvalue weighted by atomic mass is 9.83. The summed E-state index contributed by atoms with van der Waals surface area (Å²) in [4.78, 5) is 24.1. The number of carbonyl (C=O) groups is 2. The molecule has 1 saturated carbocycles. The maximum absolute atomic E-state index is 12.5. The predicted molar refractivity (Wildman–Crippen MR) is 118 cm³/mol. The Morgan fingerprint density at radius 1 is 1.10 bits per heavy atom. The first-order valence-corrected chi connectivity index (χ1v) is 11.4. The van der Waals surface area contributed by atoms with Crippen LogP contribution >= 0.6 is 0 Å². The molecule has 1 atom stereocenters. The molecule has 2 aromatic carbocycles. The standard InChI is InChI=1S/C25H28N2O4/c28-18-4-6-21(22(29)15-18)25-24-20-7-5-19(14-17(20)3-8-23(24)31-27-25)30-13-1-2-16-9-11-26-12-10-16/h3,5,7-8,14,16,21,26H,1-2,4,6,9-13,15H2/t21-/m1/s1. The van der Waals surface area contributed by atoms with E-state index >= 15 is 0 Å². The normalized spacial score (nSPS) is 20.6. The number of benzene rings is 2. The van der Waals surface area contributed by atoms with Crippen LogP contribution in [-0.4, -0.2) is 36.4 Å². The van der Waals surface area contributed by atoms with Crippen molar-refractivity contribution in [3.05, 3.63) is 36.0 Å². The van der Waals surface area contributed by atoms with Crippen LogP contribution in [0.15, 0.2) is 34.9 Å². The Balaban J connectivity index is 1.33. The van der Waals surface area contributed by atoms with E-state index in [0.29, 0.717) is 24.1 Å². The molecule has 0 radical (unpaired) electrons. The Kier molecular flexibility index (Phi) is 5.72. The number of nitrogens with one attached hydrogen (secondary N) is 1. The van der Waals surface area contributed by atoms with Gasteiger partial charge in [0, 0.05) is 6.42 Å². The zero-order chi connectivity index (χ0) is 21.2. The van der Waals surface area contributed by atoms with E-state index in [1.807, 2.05) is 30.3 Å². The van der Waals surface area contributed by atoms with Gasteiger partial charge >= 0.3 is 0 Å². The fourth-order valence-corrected chi connectivity index (χ4v) is 4.99. The van der Waals surface area contributed by atoms with Crippen LogP contribution < -0.4 is 10.1 Å². The molecular weight excluding hydrogens is 392 g/mol. The lowest BCUT2D eigenvalue weighted by Crippen LogP contribution is -2.27. The average molecular weight is 421 g/mol. The number of rotatable bonds is 6. The molecule has 2 heterocycles. The van der Waals surface area contributed by atoms with Crippen LogP contribution in [-0.2, 0) is 9.59 Å². The minimum Gasteiger partial charge on any atom is -0.494 e. The predicted octanol–water partition coefficient (Wildman–Crippen LogP) is 4.55. The Morgan fingerprint density at radius 3 is 2.81 bits per heavy atom. The van der Waals surface area contributed by atoms with E-state index in [9.17, 15) is 9.59 Å². The second kappa shape index (κ2) is 8.79. The molecule has 5 rings (SSSR count). The van der Waals surface area contributed by atoms with Crippen molar-refractivity contribution >= 4 is 33.3 Å². The zero-order valence-electron chi connectivity index (χ0n) is 17.7. The van der Waals surface area contributed by atoms with Gasteiger partial charge in [0.2, 0.25) is 0 Å². The highest BCUT2D eigenvalue weighted by atomic mass is 16.5. The van der Waals surface area contributed by atoms with E-state index in [4.69, 9.17) is 9.26 Å². The summed E-state index contributed by atoms with van der Waals surface area (Å²) in [7, 11) is 0. The molecule has 1 saturated heterocycles. The summed E-state index contributed by atoms with van der Waals surface area (Å²) in [5, 5.41) is 10.6. The molecule has 0 bridgehead atoms. The minimum atomic E-state index is -0.365.